The number of hydrogen-bond acceptors (Lipinski definition) is 2. The van der Waals surface area contributed by atoms with Gasteiger partial charge in [0, 0.05) is 6.04 Å². The largest absolute Gasteiger partial charge is 0.497 e. The van der Waals surface area contributed by atoms with E-state index in [9.17, 15) is 0 Å². The van der Waals surface area contributed by atoms with Crippen molar-refractivity contribution in [1.29, 1.82) is 0 Å². The fourth-order valence-corrected chi connectivity index (χ4v) is 3.41. The van der Waals surface area contributed by atoms with Gasteiger partial charge in [-0.1, -0.05) is 23.3 Å². The van der Waals surface area contributed by atoms with Crippen LogP contribution in [0, 0.1) is 0 Å². The molecule has 1 atom stereocenters. The predicted octanol–water partition coefficient (Wildman–Crippen LogP) is 3.89. The average molecular weight is 294 g/mol. The molecule has 0 saturated carbocycles. The molecule has 1 aliphatic heterocycles. The van der Waals surface area contributed by atoms with Gasteiger partial charge in [0.2, 0.25) is 0 Å². The van der Waals surface area contributed by atoms with Crippen LogP contribution in [-0.2, 0) is 6.42 Å². The molecule has 0 unspecified atom stereocenters. The second-order valence-electron chi connectivity index (χ2n) is 5.64. The van der Waals surface area contributed by atoms with Crippen LogP contribution < -0.4 is 10.1 Å². The van der Waals surface area contributed by atoms with Gasteiger partial charge in [0.1, 0.15) is 5.75 Å². The van der Waals surface area contributed by atoms with E-state index in [4.69, 9.17) is 4.74 Å². The van der Waals surface area contributed by atoms with Crippen LogP contribution in [0.3, 0.4) is 0 Å². The van der Waals surface area contributed by atoms with Crippen LogP contribution in [0.4, 0.5) is 0 Å². The van der Waals surface area contributed by atoms with Gasteiger partial charge in [-0.2, -0.15) is 0 Å². The van der Waals surface area contributed by atoms with E-state index in [1.54, 1.807) is 18.3 Å². The summed E-state index contributed by atoms with van der Waals surface area (Å²) in [5, 5.41) is 3.71. The molecular formula is C17H24ClNO. The molecule has 0 saturated heterocycles. The van der Waals surface area contributed by atoms with Gasteiger partial charge in [-0.3, -0.25) is 0 Å². The van der Waals surface area contributed by atoms with Crippen molar-refractivity contribution in [2.45, 2.75) is 44.6 Å². The zero-order valence-electron chi connectivity index (χ0n) is 12.2. The Morgan fingerprint density at radius 3 is 2.60 bits per heavy atom. The monoisotopic (exact) mass is 293 g/mol. The molecule has 2 aliphatic rings. The predicted molar refractivity (Wildman–Crippen MR) is 85.8 cm³/mol. The highest BCUT2D eigenvalue weighted by Gasteiger charge is 2.24. The van der Waals surface area contributed by atoms with Crippen molar-refractivity contribution in [1.82, 2.24) is 5.32 Å². The average Bonchev–Trinajstić information content (AvgIpc) is 2.48. The van der Waals surface area contributed by atoms with E-state index in [0.717, 1.165) is 18.7 Å². The third-order valence-corrected chi connectivity index (χ3v) is 4.47. The van der Waals surface area contributed by atoms with Crippen LogP contribution >= 0.6 is 12.4 Å². The van der Waals surface area contributed by atoms with Crippen molar-refractivity contribution >= 4 is 12.4 Å². The second-order valence-corrected chi connectivity index (χ2v) is 5.64. The van der Waals surface area contributed by atoms with E-state index in [1.165, 1.54) is 37.7 Å². The van der Waals surface area contributed by atoms with Crippen molar-refractivity contribution in [2.75, 3.05) is 13.7 Å². The lowest BCUT2D eigenvalue weighted by Gasteiger charge is -2.33. The van der Waals surface area contributed by atoms with E-state index in [2.05, 4.69) is 29.6 Å². The summed E-state index contributed by atoms with van der Waals surface area (Å²) in [7, 11) is 1.72. The van der Waals surface area contributed by atoms with Crippen molar-refractivity contribution < 1.29 is 4.74 Å². The first kappa shape index (κ1) is 15.4. The Balaban J connectivity index is 0.00000147. The van der Waals surface area contributed by atoms with Crippen molar-refractivity contribution in [3.05, 3.63) is 41.0 Å². The minimum absolute atomic E-state index is 0. The van der Waals surface area contributed by atoms with E-state index >= 15 is 0 Å². The van der Waals surface area contributed by atoms with Crippen molar-refractivity contribution in [2.24, 2.45) is 0 Å². The van der Waals surface area contributed by atoms with Gasteiger partial charge >= 0.3 is 0 Å². The van der Waals surface area contributed by atoms with E-state index in [0.29, 0.717) is 6.04 Å². The maximum absolute atomic E-state index is 5.22. The Labute approximate surface area is 128 Å². The molecule has 1 aliphatic carbocycles. The normalized spacial score (nSPS) is 21.9. The standard InChI is InChI=1S/C17H23NO.ClH/c1-19-15-8-6-13(7-9-15)12-17-16-5-3-2-4-14(16)10-11-18-17;/h6-9,17-18H,2-5,10-12H2,1H3;1H/t17-;/m1./s1. The maximum atomic E-state index is 5.22. The first-order valence-corrected chi connectivity index (χ1v) is 7.44. The summed E-state index contributed by atoms with van der Waals surface area (Å²) in [6, 6.07) is 9.08. The molecule has 3 heteroatoms. The first-order valence-electron chi connectivity index (χ1n) is 7.44. The Morgan fingerprint density at radius 1 is 1.10 bits per heavy atom. The highest BCUT2D eigenvalue weighted by molar-refractivity contribution is 5.85. The fraction of sp³-hybridized carbons (Fsp3) is 0.529. The molecule has 1 heterocycles. The molecule has 110 valence electrons. The molecule has 1 aromatic carbocycles. The van der Waals surface area contributed by atoms with Gasteiger partial charge in [-0.25, -0.2) is 0 Å². The van der Waals surface area contributed by atoms with E-state index in [1.807, 2.05) is 0 Å². The molecule has 3 rings (SSSR count). The van der Waals surface area contributed by atoms with Gasteiger partial charge < -0.3 is 10.1 Å². The van der Waals surface area contributed by atoms with Crippen molar-refractivity contribution in [3.8, 4) is 5.75 Å². The zero-order chi connectivity index (χ0) is 13.1. The molecule has 0 aromatic heterocycles. The molecule has 20 heavy (non-hydrogen) atoms. The third-order valence-electron chi connectivity index (χ3n) is 4.47. The molecule has 2 nitrogen and oxygen atoms in total. The highest BCUT2D eigenvalue weighted by Crippen LogP contribution is 2.32. The lowest BCUT2D eigenvalue weighted by molar-refractivity contribution is 0.414. The SMILES string of the molecule is COc1ccc(C[C@H]2NCCC3=C2CCCC3)cc1.Cl. The number of hydrogen-bond donors (Lipinski definition) is 1. The number of ether oxygens (including phenoxy) is 1. The quantitative estimate of drug-likeness (QED) is 0.854. The molecule has 0 bridgehead atoms. The molecule has 0 amide bonds. The Kier molecular flexibility index (Phi) is 5.50. The maximum Gasteiger partial charge on any atom is 0.118 e. The van der Waals surface area contributed by atoms with E-state index < -0.39 is 0 Å². The number of benzene rings is 1. The summed E-state index contributed by atoms with van der Waals surface area (Å²) in [6.45, 7) is 1.15. The molecule has 1 aromatic rings. The van der Waals surface area contributed by atoms with Crippen LogP contribution in [0.15, 0.2) is 35.4 Å². The second kappa shape index (κ2) is 7.14. The Morgan fingerprint density at radius 2 is 1.85 bits per heavy atom. The van der Waals surface area contributed by atoms with Crippen LogP contribution in [0.5, 0.6) is 5.75 Å². The fourth-order valence-electron chi connectivity index (χ4n) is 3.41. The van der Waals surface area contributed by atoms with Gasteiger partial charge in [0.05, 0.1) is 7.11 Å². The van der Waals surface area contributed by atoms with Gasteiger partial charge in [0.15, 0.2) is 0 Å². The highest BCUT2D eigenvalue weighted by atomic mass is 35.5. The number of methoxy groups -OCH3 is 1. The molecule has 0 fully saturated rings. The zero-order valence-corrected chi connectivity index (χ0v) is 13.0. The first-order chi connectivity index (χ1) is 9.36. The lowest BCUT2D eigenvalue weighted by Crippen LogP contribution is -2.39. The number of nitrogens with one attached hydrogen (secondary N) is 1. The van der Waals surface area contributed by atoms with Crippen LogP contribution in [0.2, 0.25) is 0 Å². The van der Waals surface area contributed by atoms with Crippen molar-refractivity contribution in [3.63, 3.8) is 0 Å². The van der Waals surface area contributed by atoms with Gasteiger partial charge in [-0.15, -0.1) is 12.4 Å². The lowest BCUT2D eigenvalue weighted by atomic mass is 9.81. The summed E-state index contributed by atoms with van der Waals surface area (Å²) >= 11 is 0. The third kappa shape index (κ3) is 3.36. The van der Waals surface area contributed by atoms with Crippen LogP contribution in [0.25, 0.3) is 0 Å². The molecule has 0 spiro atoms. The summed E-state index contributed by atoms with van der Waals surface area (Å²) in [5.74, 6) is 0.943. The number of rotatable bonds is 3. The Hall–Kier alpha value is -0.990. The summed E-state index contributed by atoms with van der Waals surface area (Å²) in [6.07, 6.45) is 7.81. The Bertz CT molecular complexity index is 462. The summed E-state index contributed by atoms with van der Waals surface area (Å²) in [4.78, 5) is 0. The summed E-state index contributed by atoms with van der Waals surface area (Å²) < 4.78 is 5.22. The van der Waals surface area contributed by atoms with Gasteiger partial charge in [0.25, 0.3) is 0 Å². The topological polar surface area (TPSA) is 21.3 Å². The molecular weight excluding hydrogens is 270 g/mol. The molecule has 1 N–H and O–H groups in total. The summed E-state index contributed by atoms with van der Waals surface area (Å²) in [5.41, 5.74) is 4.87. The number of halogens is 1. The minimum Gasteiger partial charge on any atom is -0.497 e. The van der Waals surface area contributed by atoms with Crippen LogP contribution in [0.1, 0.15) is 37.7 Å². The molecule has 0 radical (unpaired) electrons. The van der Waals surface area contributed by atoms with Gasteiger partial charge in [-0.05, 0) is 62.8 Å². The van der Waals surface area contributed by atoms with E-state index in [-0.39, 0.29) is 12.4 Å². The smallest absolute Gasteiger partial charge is 0.118 e. The minimum atomic E-state index is 0. The van der Waals surface area contributed by atoms with Crippen LogP contribution in [-0.4, -0.2) is 19.7 Å².